The highest BCUT2D eigenvalue weighted by molar-refractivity contribution is 7.99. The minimum absolute atomic E-state index is 0.875. The molecule has 2 rings (SSSR count). The third-order valence-electron chi connectivity index (χ3n) is 2.49. The molecule has 1 aliphatic heterocycles. The van der Waals surface area contributed by atoms with Gasteiger partial charge in [0.05, 0.1) is 5.69 Å². The van der Waals surface area contributed by atoms with Gasteiger partial charge in [0.25, 0.3) is 0 Å². The summed E-state index contributed by atoms with van der Waals surface area (Å²) in [6.45, 7) is 2.01. The molecule has 1 aliphatic rings. The molecule has 2 heterocycles. The van der Waals surface area contributed by atoms with E-state index in [1.807, 2.05) is 5.38 Å². The highest BCUT2D eigenvalue weighted by Gasteiger charge is 2.12. The van der Waals surface area contributed by atoms with E-state index in [1.54, 1.807) is 0 Å². The Hall–Kier alpha value is -0.130. The van der Waals surface area contributed by atoms with Gasteiger partial charge in [-0.3, -0.25) is 0 Å². The van der Waals surface area contributed by atoms with Crippen LogP contribution in [0.1, 0.15) is 18.5 Å². The quantitative estimate of drug-likeness (QED) is 0.854. The zero-order valence-electron chi connectivity index (χ0n) is 8.11. The number of rotatable bonds is 4. The minimum atomic E-state index is 0.875. The molecular weight excluding hydrogens is 214 g/mol. The predicted molar refractivity (Wildman–Crippen MR) is 61.7 cm³/mol. The number of hydrogen-bond acceptors (Lipinski definition) is 5. The van der Waals surface area contributed by atoms with Gasteiger partial charge in [0.1, 0.15) is 0 Å². The molecule has 0 unspecified atom stereocenters. The first kappa shape index (κ1) is 10.4. The van der Waals surface area contributed by atoms with E-state index < -0.39 is 0 Å². The molecule has 1 N–H and O–H groups in total. The summed E-state index contributed by atoms with van der Waals surface area (Å²) < 4.78 is 3.84. The van der Waals surface area contributed by atoms with Crippen LogP contribution in [0.3, 0.4) is 0 Å². The standard InChI is InChI=1S/C9H15N3S2/c1-3-13-4-2-8(1)5-10-6-9-7-14-12-11-9/h7-8,10H,1-6H2. The Morgan fingerprint density at radius 3 is 3.00 bits per heavy atom. The molecule has 0 saturated carbocycles. The fraction of sp³-hybridized carbons (Fsp3) is 0.778. The van der Waals surface area contributed by atoms with Crippen LogP contribution in [-0.2, 0) is 6.54 Å². The first-order valence-corrected chi connectivity index (χ1v) is 6.98. The van der Waals surface area contributed by atoms with Crippen molar-refractivity contribution in [2.75, 3.05) is 18.1 Å². The molecule has 0 atom stereocenters. The van der Waals surface area contributed by atoms with E-state index in [9.17, 15) is 0 Å². The van der Waals surface area contributed by atoms with Crippen molar-refractivity contribution in [2.45, 2.75) is 19.4 Å². The van der Waals surface area contributed by atoms with Gasteiger partial charge in [0.15, 0.2) is 0 Å². The molecule has 3 nitrogen and oxygen atoms in total. The van der Waals surface area contributed by atoms with Crippen molar-refractivity contribution >= 4 is 23.3 Å². The summed E-state index contributed by atoms with van der Waals surface area (Å²) in [5.41, 5.74) is 1.07. The zero-order chi connectivity index (χ0) is 9.64. The maximum absolute atomic E-state index is 4.00. The van der Waals surface area contributed by atoms with Crippen LogP contribution in [0.5, 0.6) is 0 Å². The highest BCUT2D eigenvalue weighted by Crippen LogP contribution is 2.21. The zero-order valence-corrected chi connectivity index (χ0v) is 9.74. The number of aromatic nitrogens is 2. The normalized spacial score (nSPS) is 18.6. The molecule has 0 amide bonds. The summed E-state index contributed by atoms with van der Waals surface area (Å²) in [5.74, 6) is 3.55. The van der Waals surface area contributed by atoms with Gasteiger partial charge >= 0.3 is 0 Å². The molecule has 78 valence electrons. The van der Waals surface area contributed by atoms with Crippen molar-refractivity contribution < 1.29 is 0 Å². The van der Waals surface area contributed by atoms with Crippen LogP contribution in [0, 0.1) is 5.92 Å². The molecule has 1 aromatic heterocycles. The van der Waals surface area contributed by atoms with Crippen LogP contribution in [0.25, 0.3) is 0 Å². The molecule has 0 bridgehead atoms. The van der Waals surface area contributed by atoms with Crippen molar-refractivity contribution in [3.8, 4) is 0 Å². The maximum atomic E-state index is 4.00. The number of nitrogens with one attached hydrogen (secondary N) is 1. The Morgan fingerprint density at radius 2 is 2.29 bits per heavy atom. The second kappa shape index (κ2) is 5.68. The Balaban J connectivity index is 1.62. The first-order valence-electron chi connectivity index (χ1n) is 4.99. The summed E-state index contributed by atoms with van der Waals surface area (Å²) in [7, 11) is 0. The molecular formula is C9H15N3S2. The molecule has 0 aliphatic carbocycles. The second-order valence-corrected chi connectivity index (χ2v) is 5.42. The molecule has 0 radical (unpaired) electrons. The lowest BCUT2D eigenvalue weighted by Gasteiger charge is -2.21. The predicted octanol–water partition coefficient (Wildman–Crippen LogP) is 1.77. The first-order chi connectivity index (χ1) is 6.95. The maximum Gasteiger partial charge on any atom is 0.0893 e. The van der Waals surface area contributed by atoms with E-state index >= 15 is 0 Å². The van der Waals surface area contributed by atoms with E-state index in [0.29, 0.717) is 0 Å². The van der Waals surface area contributed by atoms with Gasteiger partial charge in [-0.15, -0.1) is 5.10 Å². The molecule has 14 heavy (non-hydrogen) atoms. The highest BCUT2D eigenvalue weighted by atomic mass is 32.2. The van der Waals surface area contributed by atoms with E-state index in [2.05, 4.69) is 26.7 Å². The van der Waals surface area contributed by atoms with Crippen LogP contribution in [0.4, 0.5) is 0 Å². The second-order valence-electron chi connectivity index (χ2n) is 3.58. The molecule has 0 spiro atoms. The van der Waals surface area contributed by atoms with E-state index in [0.717, 1.165) is 24.7 Å². The third-order valence-corrected chi connectivity index (χ3v) is 4.09. The summed E-state index contributed by atoms with van der Waals surface area (Å²) in [6, 6.07) is 0. The topological polar surface area (TPSA) is 37.8 Å². The Kier molecular flexibility index (Phi) is 4.21. The van der Waals surface area contributed by atoms with E-state index in [4.69, 9.17) is 0 Å². The average molecular weight is 229 g/mol. The summed E-state index contributed by atoms with van der Waals surface area (Å²) in [5, 5.41) is 9.46. The lowest BCUT2D eigenvalue weighted by molar-refractivity contribution is 0.446. The van der Waals surface area contributed by atoms with Gasteiger partial charge < -0.3 is 5.32 Å². The lowest BCUT2D eigenvalue weighted by atomic mass is 10.0. The fourth-order valence-corrected chi connectivity index (χ4v) is 3.27. The van der Waals surface area contributed by atoms with Crippen LogP contribution >= 0.6 is 23.3 Å². The smallest absolute Gasteiger partial charge is 0.0893 e. The summed E-state index contributed by atoms with van der Waals surface area (Å²) >= 11 is 3.50. The van der Waals surface area contributed by atoms with Crippen molar-refractivity contribution in [2.24, 2.45) is 5.92 Å². The van der Waals surface area contributed by atoms with Gasteiger partial charge in [-0.05, 0) is 48.3 Å². The lowest BCUT2D eigenvalue weighted by Crippen LogP contribution is -2.25. The Bertz CT molecular complexity index is 245. The molecule has 5 heteroatoms. The Morgan fingerprint density at radius 1 is 1.43 bits per heavy atom. The number of nitrogens with zero attached hydrogens (tertiary/aromatic N) is 2. The minimum Gasteiger partial charge on any atom is -0.311 e. The van der Waals surface area contributed by atoms with Crippen molar-refractivity contribution in [3.63, 3.8) is 0 Å². The van der Waals surface area contributed by atoms with Crippen molar-refractivity contribution in [3.05, 3.63) is 11.1 Å². The van der Waals surface area contributed by atoms with Gasteiger partial charge in [-0.2, -0.15) is 11.8 Å². The SMILES string of the molecule is c1snnc1CNCC1CCSCC1. The van der Waals surface area contributed by atoms with Gasteiger partial charge in [-0.1, -0.05) is 4.49 Å². The van der Waals surface area contributed by atoms with Gasteiger partial charge in [-0.25, -0.2) is 0 Å². The molecule has 1 aromatic rings. The average Bonchev–Trinajstić information content (AvgIpc) is 2.72. The monoisotopic (exact) mass is 229 g/mol. The molecule has 0 aromatic carbocycles. The number of thioether (sulfide) groups is 1. The number of hydrogen-bond donors (Lipinski definition) is 1. The Labute approximate surface area is 92.8 Å². The summed E-state index contributed by atoms with van der Waals surface area (Å²) in [6.07, 6.45) is 2.74. The van der Waals surface area contributed by atoms with Crippen molar-refractivity contribution in [1.82, 2.24) is 14.9 Å². The van der Waals surface area contributed by atoms with Crippen LogP contribution < -0.4 is 5.32 Å². The largest absolute Gasteiger partial charge is 0.311 e. The van der Waals surface area contributed by atoms with Gasteiger partial charge in [0, 0.05) is 11.9 Å². The molecule has 1 saturated heterocycles. The molecule has 1 fully saturated rings. The van der Waals surface area contributed by atoms with E-state index in [-0.39, 0.29) is 0 Å². The summed E-state index contributed by atoms with van der Waals surface area (Å²) in [4.78, 5) is 0. The van der Waals surface area contributed by atoms with Gasteiger partial charge in [0.2, 0.25) is 0 Å². The van der Waals surface area contributed by atoms with Crippen molar-refractivity contribution in [1.29, 1.82) is 0 Å². The van der Waals surface area contributed by atoms with Crippen LogP contribution in [-0.4, -0.2) is 27.6 Å². The third kappa shape index (κ3) is 3.22. The van der Waals surface area contributed by atoms with Crippen LogP contribution in [0.2, 0.25) is 0 Å². The van der Waals surface area contributed by atoms with Crippen LogP contribution in [0.15, 0.2) is 5.38 Å². The fourth-order valence-electron chi connectivity index (χ4n) is 1.62. The van der Waals surface area contributed by atoms with E-state index in [1.165, 1.54) is 35.9 Å².